The summed E-state index contributed by atoms with van der Waals surface area (Å²) in [5.41, 5.74) is -2.61. The van der Waals surface area contributed by atoms with Gasteiger partial charge in [0, 0.05) is 19.8 Å². The Bertz CT molecular complexity index is 684. The van der Waals surface area contributed by atoms with E-state index in [9.17, 15) is 24.0 Å². The fourth-order valence-electron chi connectivity index (χ4n) is 2.36. The highest BCUT2D eigenvalue weighted by molar-refractivity contribution is 5.86. The number of hydrogen-bond donors (Lipinski definition) is 1. The molecule has 0 aromatic rings. The van der Waals surface area contributed by atoms with Crippen LogP contribution in [0.25, 0.3) is 0 Å². The second kappa shape index (κ2) is 11.5. The molecule has 1 amide bonds. The number of rotatable bonds is 9. The van der Waals surface area contributed by atoms with Crippen LogP contribution >= 0.6 is 0 Å². The minimum Gasteiger partial charge on any atom is -0.467 e. The lowest BCUT2D eigenvalue weighted by Crippen LogP contribution is -2.57. The van der Waals surface area contributed by atoms with Gasteiger partial charge in [-0.3, -0.25) is 9.59 Å². The van der Waals surface area contributed by atoms with E-state index in [1.165, 1.54) is 27.7 Å². The Kier molecular flexibility index (Phi) is 10.5. The number of amides is 1. The largest absolute Gasteiger partial charge is 0.467 e. The summed E-state index contributed by atoms with van der Waals surface area (Å²) in [6, 6.07) is 0. The van der Waals surface area contributed by atoms with E-state index in [4.69, 9.17) is 18.9 Å². The Morgan fingerprint density at radius 2 is 1.42 bits per heavy atom. The lowest BCUT2D eigenvalue weighted by molar-refractivity contribution is -0.178. The first-order valence-corrected chi connectivity index (χ1v) is 9.63. The fraction of sp³-hybridized carbons (Fsp3) is 0.750. The van der Waals surface area contributed by atoms with E-state index in [0.717, 1.165) is 14.0 Å². The number of methoxy groups -OCH3 is 1. The van der Waals surface area contributed by atoms with Crippen molar-refractivity contribution in [2.24, 2.45) is 5.92 Å². The average Bonchev–Trinajstić information content (AvgIpc) is 2.60. The van der Waals surface area contributed by atoms with Gasteiger partial charge in [-0.25, -0.2) is 14.4 Å². The molecule has 0 aromatic heterocycles. The van der Waals surface area contributed by atoms with Crippen molar-refractivity contribution in [3.63, 3.8) is 0 Å². The highest BCUT2D eigenvalue weighted by Crippen LogP contribution is 2.19. The maximum Gasteiger partial charge on any atom is 0.408 e. The van der Waals surface area contributed by atoms with Crippen molar-refractivity contribution in [2.75, 3.05) is 13.7 Å². The first kappa shape index (κ1) is 28.1. The molecule has 0 aliphatic carbocycles. The first-order chi connectivity index (χ1) is 14.0. The maximum atomic E-state index is 12.6. The molecule has 31 heavy (non-hydrogen) atoms. The molecule has 0 radical (unpaired) electrons. The zero-order valence-electron chi connectivity index (χ0n) is 19.5. The topological polar surface area (TPSA) is 144 Å². The van der Waals surface area contributed by atoms with Crippen molar-refractivity contribution < 1.29 is 47.7 Å². The molecular formula is C20H33NO10. The van der Waals surface area contributed by atoms with E-state index in [-0.39, 0.29) is 0 Å². The van der Waals surface area contributed by atoms with Crippen LogP contribution in [0.2, 0.25) is 0 Å². The van der Waals surface area contributed by atoms with Crippen molar-refractivity contribution in [1.82, 2.24) is 5.32 Å². The summed E-state index contributed by atoms with van der Waals surface area (Å²) in [5, 5.41) is 2.32. The van der Waals surface area contributed by atoms with Gasteiger partial charge in [0.25, 0.3) is 0 Å². The van der Waals surface area contributed by atoms with E-state index in [2.05, 4.69) is 10.1 Å². The zero-order valence-corrected chi connectivity index (χ0v) is 19.5. The summed E-state index contributed by atoms with van der Waals surface area (Å²) in [6.45, 7) is 10.9. The number of carbonyl (C=O) groups is 5. The molecule has 0 aliphatic rings. The summed E-state index contributed by atoms with van der Waals surface area (Å²) in [7, 11) is 1.10. The number of nitrogens with one attached hydrogen (secondary N) is 1. The molecule has 0 unspecified atom stereocenters. The third-order valence-electron chi connectivity index (χ3n) is 4.01. The lowest BCUT2D eigenvalue weighted by atomic mass is 9.98. The number of alkyl carbamates (subject to hydrolysis) is 1. The maximum absolute atomic E-state index is 12.6. The molecule has 0 aliphatic heterocycles. The second-order valence-corrected chi connectivity index (χ2v) is 8.26. The van der Waals surface area contributed by atoms with Gasteiger partial charge in [0.15, 0.2) is 5.54 Å². The molecule has 11 nitrogen and oxygen atoms in total. The second-order valence-electron chi connectivity index (χ2n) is 8.26. The van der Waals surface area contributed by atoms with Gasteiger partial charge in [0.05, 0.1) is 7.11 Å². The highest BCUT2D eigenvalue weighted by Gasteiger charge is 2.41. The van der Waals surface area contributed by atoms with Crippen LogP contribution in [0.15, 0.2) is 0 Å². The van der Waals surface area contributed by atoms with Gasteiger partial charge in [-0.15, -0.1) is 0 Å². The standard InChI is InChI=1S/C20H33NO10/c1-11(12(2)29-13(3)22)15(30-14(4)23)16(24)28-10-20(8,17(25)27-9)21-18(26)31-19(5,6)7/h11-12,15H,10H2,1-9H3,(H,21,26)/t11-,12+,15+,20-/m0/s1. The molecule has 4 atom stereocenters. The quantitative estimate of drug-likeness (QED) is 0.408. The summed E-state index contributed by atoms with van der Waals surface area (Å²) < 4.78 is 25.1. The molecule has 11 heteroatoms. The van der Waals surface area contributed by atoms with E-state index < -0.39 is 65.8 Å². The zero-order chi connectivity index (χ0) is 24.6. The van der Waals surface area contributed by atoms with Gasteiger partial charge in [0.2, 0.25) is 6.10 Å². The fourth-order valence-corrected chi connectivity index (χ4v) is 2.36. The molecule has 0 saturated heterocycles. The highest BCUT2D eigenvalue weighted by atomic mass is 16.6. The van der Waals surface area contributed by atoms with Crippen molar-refractivity contribution >= 4 is 30.0 Å². The van der Waals surface area contributed by atoms with Gasteiger partial charge in [-0.2, -0.15) is 0 Å². The van der Waals surface area contributed by atoms with Gasteiger partial charge >= 0.3 is 30.0 Å². The van der Waals surface area contributed by atoms with Crippen molar-refractivity contribution in [1.29, 1.82) is 0 Å². The number of hydrogen-bond acceptors (Lipinski definition) is 10. The smallest absolute Gasteiger partial charge is 0.408 e. The molecule has 1 N–H and O–H groups in total. The summed E-state index contributed by atoms with van der Waals surface area (Å²) in [6.07, 6.45) is -3.12. The summed E-state index contributed by atoms with van der Waals surface area (Å²) in [4.78, 5) is 59.6. The summed E-state index contributed by atoms with van der Waals surface area (Å²) in [5.74, 6) is -3.98. The van der Waals surface area contributed by atoms with E-state index >= 15 is 0 Å². The molecular weight excluding hydrogens is 414 g/mol. The SMILES string of the molecule is COC(=O)[C@](C)(COC(=O)[C@H](OC(C)=O)[C@@H](C)[C@@H](C)OC(C)=O)NC(=O)OC(C)(C)C. The Balaban J connectivity index is 5.47. The van der Waals surface area contributed by atoms with Gasteiger partial charge in [-0.1, -0.05) is 6.92 Å². The van der Waals surface area contributed by atoms with Crippen molar-refractivity contribution in [3.8, 4) is 0 Å². The van der Waals surface area contributed by atoms with Crippen molar-refractivity contribution in [3.05, 3.63) is 0 Å². The van der Waals surface area contributed by atoms with Crippen LogP contribution in [-0.4, -0.2) is 67.0 Å². The van der Waals surface area contributed by atoms with Crippen LogP contribution < -0.4 is 5.32 Å². The molecule has 0 bridgehead atoms. The van der Waals surface area contributed by atoms with Crippen LogP contribution in [0.1, 0.15) is 55.4 Å². The molecule has 0 spiro atoms. The first-order valence-electron chi connectivity index (χ1n) is 9.63. The molecule has 0 aromatic carbocycles. The van der Waals surface area contributed by atoms with Crippen LogP contribution in [0.3, 0.4) is 0 Å². The Hall–Kier alpha value is -2.85. The van der Waals surface area contributed by atoms with Gasteiger partial charge in [-0.05, 0) is 34.6 Å². The van der Waals surface area contributed by atoms with Gasteiger partial charge < -0.3 is 29.0 Å². The normalized spacial score (nSPS) is 15.9. The Labute approximate surface area is 182 Å². The summed E-state index contributed by atoms with van der Waals surface area (Å²) >= 11 is 0. The monoisotopic (exact) mass is 447 g/mol. The van der Waals surface area contributed by atoms with Crippen molar-refractivity contribution in [2.45, 2.75) is 78.7 Å². The van der Waals surface area contributed by atoms with Crippen LogP contribution in [0.4, 0.5) is 4.79 Å². The minimum absolute atomic E-state index is 0.575. The van der Waals surface area contributed by atoms with Crippen LogP contribution in [-0.2, 0) is 42.9 Å². The predicted molar refractivity (Wildman–Crippen MR) is 107 cm³/mol. The van der Waals surface area contributed by atoms with Crippen LogP contribution in [0, 0.1) is 5.92 Å². The third-order valence-corrected chi connectivity index (χ3v) is 4.01. The molecule has 0 heterocycles. The third kappa shape index (κ3) is 10.1. The molecule has 0 saturated carbocycles. The number of carbonyl (C=O) groups excluding carboxylic acids is 5. The lowest BCUT2D eigenvalue weighted by Gasteiger charge is -2.31. The van der Waals surface area contributed by atoms with E-state index in [0.29, 0.717) is 0 Å². The predicted octanol–water partition coefficient (Wildman–Crippen LogP) is 1.51. The number of ether oxygens (including phenoxy) is 5. The number of esters is 4. The minimum atomic E-state index is -1.78. The Morgan fingerprint density at radius 1 is 0.903 bits per heavy atom. The Morgan fingerprint density at radius 3 is 1.84 bits per heavy atom. The molecule has 0 fully saturated rings. The van der Waals surface area contributed by atoms with Crippen LogP contribution in [0.5, 0.6) is 0 Å². The molecule has 178 valence electrons. The van der Waals surface area contributed by atoms with Gasteiger partial charge in [0.1, 0.15) is 18.3 Å². The average molecular weight is 447 g/mol. The molecule has 0 rings (SSSR count). The van der Waals surface area contributed by atoms with E-state index in [1.807, 2.05) is 0 Å². The van der Waals surface area contributed by atoms with E-state index in [1.54, 1.807) is 20.8 Å².